The van der Waals surface area contributed by atoms with Crippen molar-refractivity contribution in [1.29, 1.82) is 0 Å². The van der Waals surface area contributed by atoms with Crippen molar-refractivity contribution >= 4 is 30.0 Å². The van der Waals surface area contributed by atoms with Crippen molar-refractivity contribution in [2.45, 2.75) is 202 Å². The first-order chi connectivity index (χ1) is 35.0. The smallest absolute Gasteiger partial charge is 0.410 e. The molecular formula is C62H92N4O8. The van der Waals surface area contributed by atoms with E-state index in [4.69, 9.17) is 14.2 Å². The van der Waals surface area contributed by atoms with Gasteiger partial charge >= 0.3 is 18.2 Å². The quantitative estimate of drug-likeness (QED) is 0.0513. The molecule has 0 spiro atoms. The van der Waals surface area contributed by atoms with Crippen LogP contribution in [0.4, 0.5) is 9.59 Å². The van der Waals surface area contributed by atoms with Gasteiger partial charge in [0.25, 0.3) is 0 Å². The Morgan fingerprint density at radius 1 is 0.743 bits per heavy atom. The fraction of sp³-hybridized carbons (Fsp3) is 0.694. The number of benzene rings is 2. The molecule has 0 bridgehead atoms. The van der Waals surface area contributed by atoms with Crippen molar-refractivity contribution in [3.8, 4) is 11.1 Å². The predicted octanol–water partition coefficient (Wildman–Crippen LogP) is 12.7. The molecule has 3 N–H and O–H groups in total. The third kappa shape index (κ3) is 13.7. The molecule has 74 heavy (non-hydrogen) atoms. The van der Waals surface area contributed by atoms with Gasteiger partial charge in [-0.05, 0) is 174 Å². The Morgan fingerprint density at radius 3 is 2.08 bits per heavy atom. The van der Waals surface area contributed by atoms with Crippen molar-refractivity contribution in [2.75, 3.05) is 26.2 Å². The Morgan fingerprint density at radius 2 is 1.42 bits per heavy atom. The fourth-order valence-electron chi connectivity index (χ4n) is 14.4. The number of esters is 1. The van der Waals surface area contributed by atoms with Crippen molar-refractivity contribution in [3.63, 3.8) is 0 Å². The second-order valence-electron chi connectivity index (χ2n) is 25.8. The summed E-state index contributed by atoms with van der Waals surface area (Å²) in [6.45, 7) is 24.3. The van der Waals surface area contributed by atoms with Crippen LogP contribution in [0, 0.1) is 46.3 Å². The van der Waals surface area contributed by atoms with Gasteiger partial charge in [0.15, 0.2) is 0 Å². The number of fused-ring (bicyclic) bond motifs is 8. The predicted molar refractivity (Wildman–Crippen MR) is 292 cm³/mol. The van der Waals surface area contributed by atoms with E-state index in [1.165, 1.54) is 50.5 Å². The van der Waals surface area contributed by atoms with Gasteiger partial charge in [-0.1, -0.05) is 114 Å². The van der Waals surface area contributed by atoms with E-state index in [2.05, 4.69) is 68.8 Å². The Balaban J connectivity index is 0.898. The van der Waals surface area contributed by atoms with Crippen molar-refractivity contribution in [3.05, 3.63) is 71.3 Å². The van der Waals surface area contributed by atoms with Crippen LogP contribution in [0.15, 0.2) is 60.2 Å². The average molecular weight is 1020 g/mol. The zero-order chi connectivity index (χ0) is 53.6. The van der Waals surface area contributed by atoms with Crippen LogP contribution < -0.4 is 16.0 Å². The van der Waals surface area contributed by atoms with Crippen LogP contribution in [-0.4, -0.2) is 84.4 Å². The van der Waals surface area contributed by atoms with Gasteiger partial charge in [0, 0.05) is 44.4 Å². The molecule has 7 rings (SSSR count). The maximum Gasteiger partial charge on any atom is 0.410 e. The number of amides is 4. The number of carbonyl (C=O) groups excluding carboxylic acids is 5. The summed E-state index contributed by atoms with van der Waals surface area (Å²) in [7, 11) is 0. The topological polar surface area (TPSA) is 152 Å². The molecule has 3 fully saturated rings. The van der Waals surface area contributed by atoms with E-state index in [0.717, 1.165) is 77.5 Å². The van der Waals surface area contributed by atoms with Crippen LogP contribution in [0.5, 0.6) is 0 Å². The normalized spacial score (nSPS) is 25.9. The fourth-order valence-corrected chi connectivity index (χ4v) is 14.4. The third-order valence-corrected chi connectivity index (χ3v) is 17.9. The number of rotatable bonds is 20. The van der Waals surface area contributed by atoms with Crippen molar-refractivity contribution in [1.82, 2.24) is 20.9 Å². The SMILES string of the molecule is CC(C)CCC[C@@H](C)[C@H]1CC[C@H]2[C@@H]3CC=C4C[C@@H](N(CCCNC(=O)CCNC(=O)[C@H](CCC(=O)OC(C)(C)C)NC(=O)OCC5c6ccccc6-c6ccccc65)C(=O)OC(C)(C)C)CC[C@]4(C)[C@H]3CC[C@]12C. The molecular weight excluding hydrogens is 929 g/mol. The number of nitrogens with one attached hydrogen (secondary N) is 3. The molecule has 3 saturated carbocycles. The van der Waals surface area contributed by atoms with E-state index in [-0.39, 0.29) is 61.8 Å². The number of carbonyl (C=O) groups is 5. The van der Waals surface area contributed by atoms with Gasteiger partial charge in [-0.2, -0.15) is 0 Å². The summed E-state index contributed by atoms with van der Waals surface area (Å²) in [6.07, 6.45) is 15.3. The molecule has 9 atom stereocenters. The molecule has 5 aliphatic carbocycles. The summed E-state index contributed by atoms with van der Waals surface area (Å²) in [5, 5.41) is 8.43. The number of allylic oxidation sites excluding steroid dienone is 1. The highest BCUT2D eigenvalue weighted by atomic mass is 16.6. The highest BCUT2D eigenvalue weighted by Crippen LogP contribution is 2.67. The minimum atomic E-state index is -1.11. The first kappa shape index (κ1) is 56.8. The Hall–Kier alpha value is -4.87. The highest BCUT2D eigenvalue weighted by molar-refractivity contribution is 5.87. The molecule has 0 aromatic heterocycles. The number of hydrogen-bond acceptors (Lipinski definition) is 8. The second kappa shape index (κ2) is 24.0. The monoisotopic (exact) mass is 1020 g/mol. The molecule has 2 aromatic carbocycles. The van der Waals surface area contributed by atoms with Gasteiger partial charge in [0.05, 0.1) is 0 Å². The maximum absolute atomic E-state index is 14.0. The third-order valence-electron chi connectivity index (χ3n) is 17.9. The van der Waals surface area contributed by atoms with Crippen LogP contribution >= 0.6 is 0 Å². The molecule has 0 heterocycles. The lowest BCUT2D eigenvalue weighted by molar-refractivity contribution is -0.155. The van der Waals surface area contributed by atoms with E-state index in [0.29, 0.717) is 30.8 Å². The molecule has 0 unspecified atom stereocenters. The van der Waals surface area contributed by atoms with Gasteiger partial charge in [-0.3, -0.25) is 14.4 Å². The zero-order valence-electron chi connectivity index (χ0n) is 47.0. The lowest BCUT2D eigenvalue weighted by Crippen LogP contribution is -2.53. The Bertz CT molecular complexity index is 2290. The molecule has 5 aliphatic rings. The van der Waals surface area contributed by atoms with Gasteiger partial charge in [-0.25, -0.2) is 9.59 Å². The highest BCUT2D eigenvalue weighted by Gasteiger charge is 2.59. The summed E-state index contributed by atoms with van der Waals surface area (Å²) in [4.78, 5) is 68.6. The van der Waals surface area contributed by atoms with Gasteiger partial charge in [0.1, 0.15) is 23.9 Å². The van der Waals surface area contributed by atoms with Crippen molar-refractivity contribution < 1.29 is 38.2 Å². The second-order valence-corrected chi connectivity index (χ2v) is 25.8. The summed E-state index contributed by atoms with van der Waals surface area (Å²) < 4.78 is 17.2. The van der Waals surface area contributed by atoms with Gasteiger partial charge < -0.3 is 35.1 Å². The zero-order valence-corrected chi connectivity index (χ0v) is 47.0. The van der Waals surface area contributed by atoms with E-state index in [1.54, 1.807) is 20.8 Å². The first-order valence-corrected chi connectivity index (χ1v) is 28.5. The van der Waals surface area contributed by atoms with E-state index in [9.17, 15) is 24.0 Å². The van der Waals surface area contributed by atoms with Crippen LogP contribution in [0.2, 0.25) is 0 Å². The summed E-state index contributed by atoms with van der Waals surface area (Å²) in [5.41, 5.74) is 5.08. The Kier molecular flexibility index (Phi) is 18.4. The molecule has 12 nitrogen and oxygen atoms in total. The summed E-state index contributed by atoms with van der Waals surface area (Å²) >= 11 is 0. The minimum absolute atomic E-state index is 0.000756. The largest absolute Gasteiger partial charge is 0.460 e. The standard InChI is InChI=1S/C62H92N4O8/c1-40(2)18-16-19-41(3)50-26-27-51-48-25-24-42-38-43(30-33-61(42,10)52(48)31-34-62(50,51)11)66(58(71)74-60(7,8)9)37-17-35-63-54(67)32-36-64-56(69)53(28-29-55(68)73-59(4,5)6)65-57(70)72-39-49-46-22-14-12-20-44(46)45-21-13-15-23-47(45)49/h12-15,20-24,40-41,43,48-53H,16-19,25-39H2,1-11H3,(H,63,67)(H,64,69)(H,65,70)/t41-,43+,48+,50-,51+,52+,53+,61+,62-/m1/s1. The van der Waals surface area contributed by atoms with Gasteiger partial charge in [-0.15, -0.1) is 0 Å². The average Bonchev–Trinajstić information content (AvgIpc) is 3.85. The molecule has 0 radical (unpaired) electrons. The number of alkyl carbamates (subject to hydrolysis) is 1. The molecule has 4 amide bonds. The molecule has 408 valence electrons. The number of ether oxygens (including phenoxy) is 3. The summed E-state index contributed by atoms with van der Waals surface area (Å²) in [5.74, 6) is 3.16. The van der Waals surface area contributed by atoms with Crippen LogP contribution in [-0.2, 0) is 28.6 Å². The van der Waals surface area contributed by atoms with Crippen molar-refractivity contribution in [2.24, 2.45) is 46.3 Å². The lowest BCUT2D eigenvalue weighted by Gasteiger charge is -2.59. The lowest BCUT2D eigenvalue weighted by atomic mass is 9.46. The molecule has 0 saturated heterocycles. The molecule has 0 aliphatic heterocycles. The van der Waals surface area contributed by atoms with Gasteiger partial charge in [0.2, 0.25) is 11.8 Å². The van der Waals surface area contributed by atoms with Crippen LogP contribution in [0.3, 0.4) is 0 Å². The van der Waals surface area contributed by atoms with Crippen LogP contribution in [0.1, 0.15) is 190 Å². The van der Waals surface area contributed by atoms with E-state index in [1.807, 2.05) is 62.1 Å². The first-order valence-electron chi connectivity index (χ1n) is 28.5. The van der Waals surface area contributed by atoms with E-state index < -0.39 is 35.2 Å². The number of hydrogen-bond donors (Lipinski definition) is 3. The van der Waals surface area contributed by atoms with Crippen LogP contribution in [0.25, 0.3) is 11.1 Å². The maximum atomic E-state index is 14.0. The summed E-state index contributed by atoms with van der Waals surface area (Å²) in [6, 6.07) is 15.0. The molecule has 12 heteroatoms. The van der Waals surface area contributed by atoms with E-state index >= 15 is 0 Å². The Labute approximate surface area is 444 Å². The minimum Gasteiger partial charge on any atom is -0.460 e. The molecule has 2 aromatic rings. The number of nitrogens with zero attached hydrogens (tertiary/aromatic N) is 1.